The van der Waals surface area contributed by atoms with Gasteiger partial charge in [-0.05, 0) is 12.1 Å². The van der Waals surface area contributed by atoms with Gasteiger partial charge >= 0.3 is 0 Å². The molecule has 0 aliphatic rings. The number of benzene rings is 1. The van der Waals surface area contributed by atoms with Gasteiger partial charge in [0.2, 0.25) is 5.95 Å². The van der Waals surface area contributed by atoms with Crippen LogP contribution in [0.5, 0.6) is 0 Å². The van der Waals surface area contributed by atoms with E-state index in [0.29, 0.717) is 0 Å². The Morgan fingerprint density at radius 2 is 2.23 bits per heavy atom. The Hall–Kier alpha value is -1.22. The van der Waals surface area contributed by atoms with Gasteiger partial charge in [0.05, 0.1) is 16.1 Å². The number of hydrogen-bond acceptors (Lipinski definition) is 2. The summed E-state index contributed by atoms with van der Waals surface area (Å²) < 4.78 is 1.94. The SMILES string of the molecule is CNc1nc2cccc(Cl)c2n1C. The molecule has 0 radical (unpaired) electrons. The zero-order valence-electron chi connectivity index (χ0n) is 7.50. The molecule has 3 nitrogen and oxygen atoms in total. The number of aryl methyl sites for hydroxylation is 1. The minimum atomic E-state index is 0.731. The molecule has 0 atom stereocenters. The van der Waals surface area contributed by atoms with E-state index in [1.165, 1.54) is 0 Å². The number of imidazole rings is 1. The van der Waals surface area contributed by atoms with Crippen LogP contribution in [0, 0.1) is 0 Å². The minimum Gasteiger partial charge on any atom is -0.359 e. The zero-order chi connectivity index (χ0) is 9.42. The molecule has 0 saturated heterocycles. The summed E-state index contributed by atoms with van der Waals surface area (Å²) in [6.07, 6.45) is 0. The molecule has 1 heterocycles. The molecule has 0 aliphatic carbocycles. The van der Waals surface area contributed by atoms with Crippen molar-refractivity contribution in [2.45, 2.75) is 0 Å². The largest absolute Gasteiger partial charge is 0.359 e. The Morgan fingerprint density at radius 1 is 1.46 bits per heavy atom. The third-order valence-electron chi connectivity index (χ3n) is 2.07. The van der Waals surface area contributed by atoms with Crippen molar-refractivity contribution in [1.82, 2.24) is 9.55 Å². The fraction of sp³-hybridized carbons (Fsp3) is 0.222. The summed E-state index contributed by atoms with van der Waals surface area (Å²) in [5, 5.41) is 3.74. The average Bonchev–Trinajstić information content (AvgIpc) is 2.44. The molecule has 1 N–H and O–H groups in total. The first-order valence-electron chi connectivity index (χ1n) is 4.02. The first-order valence-corrected chi connectivity index (χ1v) is 4.40. The number of halogens is 1. The van der Waals surface area contributed by atoms with Gasteiger partial charge in [0, 0.05) is 14.1 Å². The Kier molecular flexibility index (Phi) is 1.88. The maximum atomic E-state index is 6.04. The van der Waals surface area contributed by atoms with E-state index in [0.717, 1.165) is 22.0 Å². The molecule has 13 heavy (non-hydrogen) atoms. The summed E-state index contributed by atoms with van der Waals surface area (Å²) in [7, 11) is 3.78. The maximum Gasteiger partial charge on any atom is 0.203 e. The van der Waals surface area contributed by atoms with E-state index in [1.54, 1.807) is 0 Å². The molecule has 0 spiro atoms. The lowest BCUT2D eigenvalue weighted by atomic mass is 10.3. The highest BCUT2D eigenvalue weighted by atomic mass is 35.5. The van der Waals surface area contributed by atoms with Crippen molar-refractivity contribution in [3.63, 3.8) is 0 Å². The van der Waals surface area contributed by atoms with Crippen molar-refractivity contribution < 1.29 is 0 Å². The third-order valence-corrected chi connectivity index (χ3v) is 2.37. The van der Waals surface area contributed by atoms with Crippen LogP contribution in [0.1, 0.15) is 0 Å². The zero-order valence-corrected chi connectivity index (χ0v) is 8.26. The molecule has 1 aromatic carbocycles. The molecule has 4 heteroatoms. The van der Waals surface area contributed by atoms with E-state index in [4.69, 9.17) is 11.6 Å². The van der Waals surface area contributed by atoms with Crippen LogP contribution >= 0.6 is 11.6 Å². The maximum absolute atomic E-state index is 6.04. The van der Waals surface area contributed by atoms with Crippen LogP contribution in [0.3, 0.4) is 0 Å². The number of aromatic nitrogens is 2. The molecule has 0 saturated carbocycles. The van der Waals surface area contributed by atoms with Crippen molar-refractivity contribution in [3.8, 4) is 0 Å². The van der Waals surface area contributed by atoms with Crippen LogP contribution in [0.25, 0.3) is 11.0 Å². The summed E-state index contributed by atoms with van der Waals surface area (Å²) in [6.45, 7) is 0. The Bertz CT molecular complexity index is 447. The van der Waals surface area contributed by atoms with E-state index >= 15 is 0 Å². The van der Waals surface area contributed by atoms with Gasteiger partial charge in [0.25, 0.3) is 0 Å². The highest BCUT2D eigenvalue weighted by molar-refractivity contribution is 6.35. The number of nitrogens with zero attached hydrogens (tertiary/aromatic N) is 2. The number of anilines is 1. The average molecular weight is 196 g/mol. The van der Waals surface area contributed by atoms with Crippen molar-refractivity contribution in [2.24, 2.45) is 7.05 Å². The molecule has 2 rings (SSSR count). The number of hydrogen-bond donors (Lipinski definition) is 1. The lowest BCUT2D eigenvalue weighted by Crippen LogP contribution is -1.97. The number of nitrogens with one attached hydrogen (secondary N) is 1. The van der Waals surface area contributed by atoms with E-state index in [1.807, 2.05) is 36.9 Å². The fourth-order valence-electron chi connectivity index (χ4n) is 1.44. The highest BCUT2D eigenvalue weighted by Crippen LogP contribution is 2.24. The normalized spacial score (nSPS) is 10.7. The van der Waals surface area contributed by atoms with E-state index in [-0.39, 0.29) is 0 Å². The number of rotatable bonds is 1. The van der Waals surface area contributed by atoms with Crippen molar-refractivity contribution in [1.29, 1.82) is 0 Å². The second-order valence-electron chi connectivity index (χ2n) is 2.85. The predicted octanol–water partition coefficient (Wildman–Crippen LogP) is 2.27. The number of fused-ring (bicyclic) bond motifs is 1. The van der Waals surface area contributed by atoms with Gasteiger partial charge in [-0.3, -0.25) is 0 Å². The molecule has 0 bridgehead atoms. The van der Waals surface area contributed by atoms with Gasteiger partial charge < -0.3 is 9.88 Å². The first-order chi connectivity index (χ1) is 6.24. The molecule has 1 aromatic heterocycles. The van der Waals surface area contributed by atoms with Crippen LogP contribution in [0.4, 0.5) is 5.95 Å². The van der Waals surface area contributed by atoms with E-state index in [2.05, 4.69) is 10.3 Å². The van der Waals surface area contributed by atoms with Gasteiger partial charge in [-0.1, -0.05) is 17.7 Å². The molecule has 0 unspecified atom stereocenters. The van der Waals surface area contributed by atoms with Crippen LogP contribution < -0.4 is 5.32 Å². The molecule has 0 amide bonds. The van der Waals surface area contributed by atoms with Gasteiger partial charge in [0.15, 0.2) is 0 Å². The highest BCUT2D eigenvalue weighted by Gasteiger charge is 2.07. The Balaban J connectivity index is 2.85. The number of para-hydroxylation sites is 1. The molecular weight excluding hydrogens is 186 g/mol. The Labute approximate surface area is 81.3 Å². The molecule has 2 aromatic rings. The monoisotopic (exact) mass is 195 g/mol. The van der Waals surface area contributed by atoms with Crippen molar-refractivity contribution in [2.75, 3.05) is 12.4 Å². The standard InChI is InChI=1S/C9H10ClN3/c1-11-9-12-7-5-3-4-6(10)8(7)13(9)2/h3-5H,1-2H3,(H,11,12). The second-order valence-corrected chi connectivity index (χ2v) is 3.26. The van der Waals surface area contributed by atoms with Gasteiger partial charge in [-0.2, -0.15) is 0 Å². The summed E-state index contributed by atoms with van der Waals surface area (Å²) >= 11 is 6.04. The summed E-state index contributed by atoms with van der Waals surface area (Å²) in [4.78, 5) is 4.36. The quantitative estimate of drug-likeness (QED) is 0.757. The lowest BCUT2D eigenvalue weighted by molar-refractivity contribution is 0.953. The van der Waals surface area contributed by atoms with Crippen molar-refractivity contribution >= 4 is 28.6 Å². The molecular formula is C9H10ClN3. The topological polar surface area (TPSA) is 29.9 Å². The van der Waals surface area contributed by atoms with Crippen LogP contribution in [0.15, 0.2) is 18.2 Å². The summed E-state index contributed by atoms with van der Waals surface area (Å²) in [5.74, 6) is 0.822. The first kappa shape index (κ1) is 8.38. The lowest BCUT2D eigenvalue weighted by Gasteiger charge is -2.00. The van der Waals surface area contributed by atoms with Crippen LogP contribution in [-0.4, -0.2) is 16.6 Å². The second kappa shape index (κ2) is 2.92. The summed E-state index contributed by atoms with van der Waals surface area (Å²) in [6, 6.07) is 5.71. The predicted molar refractivity (Wildman–Crippen MR) is 55.3 cm³/mol. The van der Waals surface area contributed by atoms with Gasteiger partial charge in [0.1, 0.15) is 0 Å². The van der Waals surface area contributed by atoms with E-state index in [9.17, 15) is 0 Å². The fourth-order valence-corrected chi connectivity index (χ4v) is 1.74. The molecule has 0 fully saturated rings. The smallest absolute Gasteiger partial charge is 0.203 e. The summed E-state index contributed by atoms with van der Waals surface area (Å²) in [5.41, 5.74) is 1.88. The van der Waals surface area contributed by atoms with Gasteiger partial charge in [-0.15, -0.1) is 0 Å². The molecule has 0 aliphatic heterocycles. The minimum absolute atomic E-state index is 0.731. The van der Waals surface area contributed by atoms with E-state index < -0.39 is 0 Å². The van der Waals surface area contributed by atoms with Crippen molar-refractivity contribution in [3.05, 3.63) is 23.2 Å². The third kappa shape index (κ3) is 1.16. The Morgan fingerprint density at radius 3 is 2.85 bits per heavy atom. The molecule has 68 valence electrons. The van der Waals surface area contributed by atoms with Crippen LogP contribution in [-0.2, 0) is 7.05 Å². The van der Waals surface area contributed by atoms with Crippen LogP contribution in [0.2, 0.25) is 5.02 Å². The van der Waals surface area contributed by atoms with Gasteiger partial charge in [-0.25, -0.2) is 4.98 Å².